The second-order valence-electron chi connectivity index (χ2n) is 5.19. The van der Waals surface area contributed by atoms with Gasteiger partial charge >= 0.3 is 0 Å². The Hall–Kier alpha value is -2.59. The van der Waals surface area contributed by atoms with E-state index < -0.39 is 0 Å². The quantitative estimate of drug-likeness (QED) is 0.708. The van der Waals surface area contributed by atoms with Gasteiger partial charge in [-0.2, -0.15) is 0 Å². The molecule has 1 aromatic heterocycles. The molecule has 0 aliphatic carbocycles. The van der Waals surface area contributed by atoms with E-state index in [2.05, 4.69) is 22.4 Å². The number of nitrogens with zero attached hydrogens (tertiary/aromatic N) is 1. The molecule has 118 valence electrons. The van der Waals surface area contributed by atoms with E-state index in [4.69, 9.17) is 9.47 Å². The van der Waals surface area contributed by atoms with Gasteiger partial charge in [-0.3, -0.25) is 0 Å². The van der Waals surface area contributed by atoms with Crippen LogP contribution in [0.3, 0.4) is 0 Å². The van der Waals surface area contributed by atoms with Gasteiger partial charge in [0.05, 0.1) is 12.6 Å². The van der Waals surface area contributed by atoms with Gasteiger partial charge in [-0.25, -0.2) is 4.98 Å². The van der Waals surface area contributed by atoms with Crippen LogP contribution in [0.4, 0.5) is 0 Å². The normalized spacial score (nSPS) is 10.7. The summed E-state index contributed by atoms with van der Waals surface area (Å²) in [5.41, 5.74) is 2.84. The lowest BCUT2D eigenvalue weighted by atomic mass is 10.0. The molecule has 0 atom stereocenters. The van der Waals surface area contributed by atoms with Gasteiger partial charge in [0.1, 0.15) is 12.4 Å². The van der Waals surface area contributed by atoms with E-state index in [-0.39, 0.29) is 0 Å². The predicted octanol–water partition coefficient (Wildman–Crippen LogP) is 3.51. The Labute approximate surface area is 136 Å². The third-order valence-corrected chi connectivity index (χ3v) is 3.67. The molecule has 1 heterocycles. The van der Waals surface area contributed by atoms with Crippen molar-refractivity contribution in [2.45, 2.75) is 0 Å². The Morgan fingerprint density at radius 1 is 1.00 bits per heavy atom. The van der Waals surface area contributed by atoms with Crippen LogP contribution in [0.1, 0.15) is 0 Å². The summed E-state index contributed by atoms with van der Waals surface area (Å²) in [7, 11) is 3.55. The summed E-state index contributed by atoms with van der Waals surface area (Å²) in [4.78, 5) is 4.62. The van der Waals surface area contributed by atoms with Crippen molar-refractivity contribution in [2.24, 2.45) is 0 Å². The molecular weight excluding hydrogens is 288 g/mol. The zero-order valence-electron chi connectivity index (χ0n) is 13.4. The molecule has 3 aromatic rings. The molecule has 4 heteroatoms. The molecule has 2 aromatic carbocycles. The lowest BCUT2D eigenvalue weighted by molar-refractivity contribution is 0.319. The SMILES string of the molecule is CNCCOc1ccccc1-c1cc2ccccc2nc1OC. The molecular formula is C19H20N2O2. The van der Waals surface area contributed by atoms with Crippen LogP contribution in [0, 0.1) is 0 Å². The minimum atomic E-state index is 0.605. The van der Waals surface area contributed by atoms with Crippen LogP contribution >= 0.6 is 0 Å². The minimum Gasteiger partial charge on any atom is -0.492 e. The number of benzene rings is 2. The number of likely N-dealkylation sites (N-methyl/N-ethyl adjacent to an activating group) is 1. The fourth-order valence-electron chi connectivity index (χ4n) is 2.52. The maximum Gasteiger partial charge on any atom is 0.221 e. The minimum absolute atomic E-state index is 0.605. The van der Waals surface area contributed by atoms with E-state index in [1.54, 1.807) is 7.11 Å². The summed E-state index contributed by atoms with van der Waals surface area (Å²) >= 11 is 0. The Morgan fingerprint density at radius 2 is 1.78 bits per heavy atom. The Balaban J connectivity index is 2.08. The molecule has 0 spiro atoms. The van der Waals surface area contributed by atoms with Crippen molar-refractivity contribution in [3.63, 3.8) is 0 Å². The van der Waals surface area contributed by atoms with E-state index >= 15 is 0 Å². The molecule has 0 bridgehead atoms. The van der Waals surface area contributed by atoms with Crippen molar-refractivity contribution in [3.05, 3.63) is 54.6 Å². The van der Waals surface area contributed by atoms with Crippen LogP contribution in [0.25, 0.3) is 22.0 Å². The molecule has 0 saturated heterocycles. The van der Waals surface area contributed by atoms with E-state index in [1.165, 1.54) is 0 Å². The molecule has 0 aliphatic rings. The van der Waals surface area contributed by atoms with Gasteiger partial charge in [-0.15, -0.1) is 0 Å². The second-order valence-corrected chi connectivity index (χ2v) is 5.19. The first kappa shape index (κ1) is 15.3. The molecule has 0 saturated carbocycles. The first-order valence-corrected chi connectivity index (χ1v) is 7.64. The molecule has 0 aliphatic heterocycles. The molecule has 1 N–H and O–H groups in total. The van der Waals surface area contributed by atoms with Crippen LogP contribution in [-0.4, -0.2) is 32.3 Å². The van der Waals surface area contributed by atoms with Gasteiger partial charge in [-0.05, 0) is 25.2 Å². The van der Waals surface area contributed by atoms with Crippen LogP contribution in [0.5, 0.6) is 11.6 Å². The van der Waals surface area contributed by atoms with Crippen molar-refractivity contribution in [1.29, 1.82) is 0 Å². The van der Waals surface area contributed by atoms with Crippen LogP contribution in [0.15, 0.2) is 54.6 Å². The summed E-state index contributed by atoms with van der Waals surface area (Å²) in [5.74, 6) is 1.44. The molecule has 3 rings (SSSR count). The summed E-state index contributed by atoms with van der Waals surface area (Å²) in [5, 5.41) is 4.16. The lowest BCUT2D eigenvalue weighted by Crippen LogP contribution is -2.16. The topological polar surface area (TPSA) is 43.4 Å². The van der Waals surface area contributed by atoms with E-state index in [0.717, 1.165) is 34.3 Å². The Morgan fingerprint density at radius 3 is 2.61 bits per heavy atom. The average Bonchev–Trinajstić information content (AvgIpc) is 2.61. The molecule has 0 unspecified atom stereocenters. The van der Waals surface area contributed by atoms with Crippen LogP contribution < -0.4 is 14.8 Å². The Bertz CT molecular complexity index is 802. The summed E-state index contributed by atoms with van der Waals surface area (Å²) < 4.78 is 11.4. The van der Waals surface area contributed by atoms with Crippen molar-refractivity contribution in [2.75, 3.05) is 27.3 Å². The summed E-state index contributed by atoms with van der Waals surface area (Å²) in [6.45, 7) is 1.40. The number of rotatable bonds is 6. The van der Waals surface area contributed by atoms with Gasteiger partial charge in [0.25, 0.3) is 0 Å². The smallest absolute Gasteiger partial charge is 0.221 e. The molecule has 0 fully saturated rings. The zero-order valence-corrected chi connectivity index (χ0v) is 13.4. The van der Waals surface area contributed by atoms with Crippen molar-refractivity contribution < 1.29 is 9.47 Å². The largest absolute Gasteiger partial charge is 0.492 e. The molecule has 4 nitrogen and oxygen atoms in total. The number of pyridine rings is 1. The van der Waals surface area contributed by atoms with Crippen molar-refractivity contribution >= 4 is 10.9 Å². The number of ether oxygens (including phenoxy) is 2. The highest BCUT2D eigenvalue weighted by atomic mass is 16.5. The zero-order chi connectivity index (χ0) is 16.1. The standard InChI is InChI=1S/C19H20N2O2/c1-20-11-12-23-18-10-6-4-8-15(18)16-13-14-7-3-5-9-17(14)21-19(16)22-2/h3-10,13,20H,11-12H2,1-2H3. The average molecular weight is 308 g/mol. The number of hydrogen-bond acceptors (Lipinski definition) is 4. The van der Waals surface area contributed by atoms with Crippen molar-refractivity contribution in [3.8, 4) is 22.8 Å². The lowest BCUT2D eigenvalue weighted by Gasteiger charge is -2.14. The van der Waals surface area contributed by atoms with Crippen molar-refractivity contribution in [1.82, 2.24) is 10.3 Å². The highest BCUT2D eigenvalue weighted by Gasteiger charge is 2.13. The highest BCUT2D eigenvalue weighted by Crippen LogP contribution is 2.37. The number of fused-ring (bicyclic) bond motifs is 1. The monoisotopic (exact) mass is 308 g/mol. The van der Waals surface area contributed by atoms with E-state index in [1.807, 2.05) is 49.5 Å². The fraction of sp³-hybridized carbons (Fsp3) is 0.211. The third kappa shape index (κ3) is 3.27. The summed E-state index contributed by atoms with van der Waals surface area (Å²) in [6, 6.07) is 18.1. The predicted molar refractivity (Wildman–Crippen MR) is 93.2 cm³/mol. The number of nitrogens with one attached hydrogen (secondary N) is 1. The van der Waals surface area contributed by atoms with Gasteiger partial charge in [-0.1, -0.05) is 36.4 Å². The van der Waals surface area contributed by atoms with Gasteiger partial charge in [0, 0.05) is 23.1 Å². The summed E-state index contributed by atoms with van der Waals surface area (Å²) in [6.07, 6.45) is 0. The van der Waals surface area contributed by atoms with Gasteiger partial charge in [0.15, 0.2) is 0 Å². The van der Waals surface area contributed by atoms with Gasteiger partial charge < -0.3 is 14.8 Å². The molecule has 23 heavy (non-hydrogen) atoms. The van der Waals surface area contributed by atoms with Crippen LogP contribution in [0.2, 0.25) is 0 Å². The first-order valence-electron chi connectivity index (χ1n) is 7.64. The number of methoxy groups -OCH3 is 1. The fourth-order valence-corrected chi connectivity index (χ4v) is 2.52. The maximum atomic E-state index is 5.90. The maximum absolute atomic E-state index is 5.90. The third-order valence-electron chi connectivity index (χ3n) is 3.67. The van der Waals surface area contributed by atoms with Gasteiger partial charge in [0.2, 0.25) is 5.88 Å². The van der Waals surface area contributed by atoms with E-state index in [0.29, 0.717) is 12.5 Å². The first-order chi connectivity index (χ1) is 11.3. The highest BCUT2D eigenvalue weighted by molar-refractivity contribution is 5.87. The Kier molecular flexibility index (Phi) is 4.74. The molecule has 0 amide bonds. The molecule has 0 radical (unpaired) electrons. The van der Waals surface area contributed by atoms with E-state index in [9.17, 15) is 0 Å². The second kappa shape index (κ2) is 7.11. The number of hydrogen-bond donors (Lipinski definition) is 1. The number of para-hydroxylation sites is 2. The van der Waals surface area contributed by atoms with Crippen LogP contribution in [-0.2, 0) is 0 Å². The number of aromatic nitrogens is 1.